The highest BCUT2D eigenvalue weighted by atomic mass is 16.3. The van der Waals surface area contributed by atoms with Crippen LogP contribution in [0.3, 0.4) is 0 Å². The third-order valence-corrected chi connectivity index (χ3v) is 4.78. The average Bonchev–Trinajstić information content (AvgIpc) is 3.19. The number of nitrogens with one attached hydrogen (secondary N) is 3. The van der Waals surface area contributed by atoms with Crippen molar-refractivity contribution in [3.8, 4) is 0 Å². The number of hydrogen-bond donors (Lipinski definition) is 3. The van der Waals surface area contributed by atoms with Crippen molar-refractivity contribution >= 4 is 17.5 Å². The topological polar surface area (TPSA) is 75.8 Å². The maximum atomic E-state index is 12.4. The van der Waals surface area contributed by atoms with Crippen LogP contribution in [-0.2, 0) is 0 Å². The molecule has 26 heavy (non-hydrogen) atoms. The van der Waals surface area contributed by atoms with E-state index in [4.69, 9.17) is 4.42 Å². The van der Waals surface area contributed by atoms with Crippen LogP contribution in [0.15, 0.2) is 47.1 Å². The Balaban J connectivity index is 1.50. The summed E-state index contributed by atoms with van der Waals surface area (Å²) < 4.78 is 5.06. The first-order chi connectivity index (χ1) is 12.7. The molecule has 2 heterocycles. The summed E-state index contributed by atoms with van der Waals surface area (Å²) in [7, 11) is 0. The number of likely N-dealkylation sites (tertiary alicyclic amines) is 1. The van der Waals surface area contributed by atoms with Crippen molar-refractivity contribution in [1.29, 1.82) is 0 Å². The van der Waals surface area contributed by atoms with E-state index in [2.05, 4.69) is 17.6 Å². The van der Waals surface area contributed by atoms with Gasteiger partial charge in [0, 0.05) is 30.1 Å². The molecule has 0 spiro atoms. The summed E-state index contributed by atoms with van der Waals surface area (Å²) in [4.78, 5) is 26.0. The lowest BCUT2D eigenvalue weighted by Crippen LogP contribution is -3.13. The van der Waals surface area contributed by atoms with Crippen LogP contribution < -0.4 is 15.5 Å². The molecule has 0 unspecified atom stereocenters. The highest BCUT2D eigenvalue weighted by molar-refractivity contribution is 6.02. The minimum absolute atomic E-state index is 0.0575. The van der Waals surface area contributed by atoms with E-state index in [1.165, 1.54) is 19.2 Å². The van der Waals surface area contributed by atoms with Crippen LogP contribution in [0.5, 0.6) is 0 Å². The third-order valence-electron chi connectivity index (χ3n) is 4.78. The summed E-state index contributed by atoms with van der Waals surface area (Å²) in [5.74, 6) is -0.116. The maximum Gasteiger partial charge on any atom is 0.291 e. The molecule has 0 atom stereocenters. The van der Waals surface area contributed by atoms with E-state index in [0.717, 1.165) is 25.9 Å². The summed E-state index contributed by atoms with van der Waals surface area (Å²) >= 11 is 0. The second-order valence-electron chi connectivity index (χ2n) is 6.76. The van der Waals surface area contributed by atoms with Gasteiger partial charge >= 0.3 is 0 Å². The molecule has 1 saturated heterocycles. The number of rotatable bonds is 6. The van der Waals surface area contributed by atoms with Gasteiger partial charge in [0.25, 0.3) is 11.8 Å². The van der Waals surface area contributed by atoms with Crippen molar-refractivity contribution in [3.63, 3.8) is 0 Å². The average molecular weight is 356 g/mol. The van der Waals surface area contributed by atoms with Gasteiger partial charge in [-0.15, -0.1) is 0 Å². The van der Waals surface area contributed by atoms with Gasteiger partial charge < -0.3 is 20.0 Å². The van der Waals surface area contributed by atoms with Gasteiger partial charge in [0.05, 0.1) is 25.9 Å². The molecular weight excluding hydrogens is 330 g/mol. The van der Waals surface area contributed by atoms with Crippen LogP contribution in [0.1, 0.15) is 47.1 Å². The van der Waals surface area contributed by atoms with E-state index in [9.17, 15) is 9.59 Å². The van der Waals surface area contributed by atoms with E-state index in [0.29, 0.717) is 11.3 Å². The quantitative estimate of drug-likeness (QED) is 0.738. The van der Waals surface area contributed by atoms with E-state index in [1.807, 2.05) is 0 Å². The number of quaternary nitrogens is 1. The number of carbonyl (C=O) groups is 2. The number of benzene rings is 1. The molecule has 3 rings (SSSR count). The zero-order valence-electron chi connectivity index (χ0n) is 15.1. The first kappa shape index (κ1) is 18.2. The van der Waals surface area contributed by atoms with Crippen LogP contribution in [-0.4, -0.2) is 37.5 Å². The van der Waals surface area contributed by atoms with Gasteiger partial charge in [-0.25, -0.2) is 0 Å². The fraction of sp³-hybridized carbons (Fsp3) is 0.400. The Morgan fingerprint density at radius 2 is 1.85 bits per heavy atom. The van der Waals surface area contributed by atoms with Crippen molar-refractivity contribution < 1.29 is 18.9 Å². The summed E-state index contributed by atoms with van der Waals surface area (Å²) in [6, 6.07) is 10.4. The van der Waals surface area contributed by atoms with E-state index < -0.39 is 0 Å². The van der Waals surface area contributed by atoms with Gasteiger partial charge in [-0.3, -0.25) is 9.59 Å². The zero-order chi connectivity index (χ0) is 18.4. The molecule has 0 saturated carbocycles. The summed E-state index contributed by atoms with van der Waals surface area (Å²) in [6.45, 7) is 5.67. The van der Waals surface area contributed by atoms with Crippen LogP contribution >= 0.6 is 0 Å². The van der Waals surface area contributed by atoms with Gasteiger partial charge in [0.1, 0.15) is 0 Å². The summed E-state index contributed by atoms with van der Waals surface area (Å²) in [6.07, 6.45) is 4.71. The van der Waals surface area contributed by atoms with E-state index >= 15 is 0 Å². The minimum atomic E-state index is -0.312. The number of anilines is 1. The molecule has 1 aromatic carbocycles. The Bertz CT molecular complexity index is 717. The van der Waals surface area contributed by atoms with Crippen molar-refractivity contribution in [2.24, 2.45) is 0 Å². The number of hydrogen-bond acceptors (Lipinski definition) is 3. The van der Waals surface area contributed by atoms with Crippen LogP contribution in [0.25, 0.3) is 0 Å². The SMILES string of the molecule is CCC[NH+]1CCC(NC(=O)c2ccc(NC(=O)c3ccco3)cc2)CC1. The first-order valence-electron chi connectivity index (χ1n) is 9.25. The van der Waals surface area contributed by atoms with Crippen molar-refractivity contribution in [2.75, 3.05) is 25.0 Å². The molecule has 138 valence electrons. The zero-order valence-corrected chi connectivity index (χ0v) is 15.1. The van der Waals surface area contributed by atoms with Gasteiger partial charge in [0.2, 0.25) is 0 Å². The molecular formula is C20H26N3O3+. The second kappa shape index (κ2) is 8.67. The molecule has 0 aliphatic carbocycles. The van der Waals surface area contributed by atoms with Gasteiger partial charge in [-0.05, 0) is 42.8 Å². The normalized spacial score (nSPS) is 19.7. The Kier molecular flexibility index (Phi) is 6.07. The standard InChI is InChI=1S/C20H25N3O3/c1-2-11-23-12-9-17(10-13-23)21-19(24)15-5-7-16(8-6-15)22-20(25)18-4-3-14-26-18/h3-8,14,17H,2,9-13H2,1H3,(H,21,24)(H,22,25)/p+1. The Hall–Kier alpha value is -2.60. The number of amides is 2. The number of carbonyl (C=O) groups excluding carboxylic acids is 2. The van der Waals surface area contributed by atoms with Crippen molar-refractivity contribution in [3.05, 3.63) is 54.0 Å². The molecule has 0 radical (unpaired) electrons. The first-order valence-corrected chi connectivity index (χ1v) is 9.25. The van der Waals surface area contributed by atoms with Crippen molar-refractivity contribution in [1.82, 2.24) is 5.32 Å². The van der Waals surface area contributed by atoms with E-state index in [1.54, 1.807) is 41.3 Å². The smallest absolute Gasteiger partial charge is 0.291 e. The fourth-order valence-electron chi connectivity index (χ4n) is 3.35. The fourth-order valence-corrected chi connectivity index (χ4v) is 3.35. The minimum Gasteiger partial charge on any atom is -0.459 e. The molecule has 1 aromatic heterocycles. The molecule has 1 aliphatic rings. The Morgan fingerprint density at radius 3 is 2.46 bits per heavy atom. The van der Waals surface area contributed by atoms with Gasteiger partial charge in [-0.2, -0.15) is 0 Å². The van der Waals surface area contributed by atoms with Crippen LogP contribution in [0.2, 0.25) is 0 Å². The Labute approximate surface area is 153 Å². The lowest BCUT2D eigenvalue weighted by molar-refractivity contribution is -0.905. The summed E-state index contributed by atoms with van der Waals surface area (Å²) in [5.41, 5.74) is 1.23. The monoisotopic (exact) mass is 356 g/mol. The molecule has 1 aliphatic heterocycles. The number of piperidine rings is 1. The maximum absolute atomic E-state index is 12.4. The molecule has 2 aromatic rings. The third kappa shape index (κ3) is 4.73. The van der Waals surface area contributed by atoms with Gasteiger partial charge in [0.15, 0.2) is 5.76 Å². The predicted molar refractivity (Wildman–Crippen MR) is 99.4 cm³/mol. The molecule has 0 bridgehead atoms. The predicted octanol–water partition coefficient (Wildman–Crippen LogP) is 1.72. The summed E-state index contributed by atoms with van der Waals surface area (Å²) in [5, 5.41) is 5.87. The largest absolute Gasteiger partial charge is 0.459 e. The lowest BCUT2D eigenvalue weighted by atomic mass is 10.0. The lowest BCUT2D eigenvalue weighted by Gasteiger charge is -2.29. The second-order valence-corrected chi connectivity index (χ2v) is 6.76. The molecule has 3 N–H and O–H groups in total. The van der Waals surface area contributed by atoms with Crippen LogP contribution in [0.4, 0.5) is 5.69 Å². The molecule has 1 fully saturated rings. The van der Waals surface area contributed by atoms with Crippen molar-refractivity contribution in [2.45, 2.75) is 32.2 Å². The molecule has 2 amide bonds. The highest BCUT2D eigenvalue weighted by Gasteiger charge is 2.23. The Morgan fingerprint density at radius 1 is 1.12 bits per heavy atom. The van der Waals surface area contributed by atoms with E-state index in [-0.39, 0.29) is 23.6 Å². The highest BCUT2D eigenvalue weighted by Crippen LogP contribution is 2.12. The van der Waals surface area contributed by atoms with Gasteiger partial charge in [-0.1, -0.05) is 6.92 Å². The molecule has 6 nitrogen and oxygen atoms in total. The molecule has 6 heteroatoms. The number of furan rings is 1. The van der Waals surface area contributed by atoms with Crippen LogP contribution in [0, 0.1) is 0 Å².